The summed E-state index contributed by atoms with van der Waals surface area (Å²) in [6, 6.07) is 18.9. The molecule has 1 aromatic heterocycles. The summed E-state index contributed by atoms with van der Waals surface area (Å²) < 4.78 is 101. The Balaban J connectivity index is 1.72. The SMILES string of the molecule is COC(=O)C1(C(=O)OC)CC2=CC=C(c3cc(C(F)(F)F)cc(C(F)(F)F)c3)C(c3ccccc3)c3c(-c4ccccc4)oc(c32)C1. The smallest absolute Gasteiger partial charge is 0.416 e. The molecule has 11 heteroatoms. The third kappa shape index (κ3) is 5.53. The Hall–Kier alpha value is -5.06. The van der Waals surface area contributed by atoms with Crippen LogP contribution in [0.4, 0.5) is 26.3 Å². The number of halogens is 6. The van der Waals surface area contributed by atoms with Gasteiger partial charge in [-0.05, 0) is 40.5 Å². The number of benzene rings is 3. The lowest BCUT2D eigenvalue weighted by atomic mass is 9.69. The minimum absolute atomic E-state index is 0.0889. The van der Waals surface area contributed by atoms with Crippen LogP contribution in [0.25, 0.3) is 22.5 Å². The highest BCUT2D eigenvalue weighted by atomic mass is 19.4. The average molecular weight is 653 g/mol. The van der Waals surface area contributed by atoms with E-state index >= 15 is 0 Å². The van der Waals surface area contributed by atoms with Crippen LogP contribution in [0, 0.1) is 5.41 Å². The van der Waals surface area contributed by atoms with Crippen molar-refractivity contribution in [2.45, 2.75) is 31.1 Å². The van der Waals surface area contributed by atoms with E-state index in [4.69, 9.17) is 13.9 Å². The van der Waals surface area contributed by atoms with Crippen molar-refractivity contribution in [2.24, 2.45) is 5.41 Å². The first kappa shape index (κ1) is 31.9. The topological polar surface area (TPSA) is 65.7 Å². The predicted molar refractivity (Wildman–Crippen MR) is 160 cm³/mol. The van der Waals surface area contributed by atoms with Crippen molar-refractivity contribution in [3.63, 3.8) is 0 Å². The lowest BCUT2D eigenvalue weighted by Gasteiger charge is -2.32. The highest BCUT2D eigenvalue weighted by molar-refractivity contribution is 6.04. The van der Waals surface area contributed by atoms with Crippen molar-refractivity contribution >= 4 is 23.1 Å². The van der Waals surface area contributed by atoms with Crippen LogP contribution < -0.4 is 0 Å². The zero-order valence-corrected chi connectivity index (χ0v) is 25.0. The molecule has 1 heterocycles. The number of carbonyl (C=O) groups is 2. The molecular weight excluding hydrogens is 626 g/mol. The Morgan fingerprint density at radius 1 is 0.745 bits per heavy atom. The van der Waals surface area contributed by atoms with Crippen molar-refractivity contribution in [3.05, 3.63) is 130 Å². The molecule has 5 nitrogen and oxygen atoms in total. The quantitative estimate of drug-likeness (QED) is 0.122. The Kier molecular flexibility index (Phi) is 7.89. The maximum atomic E-state index is 14.1. The van der Waals surface area contributed by atoms with Gasteiger partial charge in [-0.25, -0.2) is 0 Å². The zero-order chi connectivity index (χ0) is 33.7. The molecule has 47 heavy (non-hydrogen) atoms. The molecule has 4 aromatic rings. The van der Waals surface area contributed by atoms with Gasteiger partial charge in [-0.15, -0.1) is 0 Å². The van der Waals surface area contributed by atoms with Gasteiger partial charge in [-0.2, -0.15) is 26.3 Å². The summed E-state index contributed by atoms with van der Waals surface area (Å²) in [5, 5.41) is 0. The summed E-state index contributed by atoms with van der Waals surface area (Å²) in [5.74, 6) is -2.17. The lowest BCUT2D eigenvalue weighted by molar-refractivity contribution is -0.169. The van der Waals surface area contributed by atoms with E-state index in [1.807, 2.05) is 0 Å². The number of hydrogen-bond donors (Lipinski definition) is 0. The van der Waals surface area contributed by atoms with Crippen LogP contribution in [-0.4, -0.2) is 26.2 Å². The second-order valence-electron chi connectivity index (χ2n) is 11.4. The van der Waals surface area contributed by atoms with Crippen LogP contribution in [0.15, 0.2) is 95.4 Å². The highest BCUT2D eigenvalue weighted by Gasteiger charge is 2.54. The van der Waals surface area contributed by atoms with Crippen LogP contribution in [0.3, 0.4) is 0 Å². The molecule has 242 valence electrons. The Morgan fingerprint density at radius 2 is 1.30 bits per heavy atom. The van der Waals surface area contributed by atoms with Crippen molar-refractivity contribution in [1.82, 2.24) is 0 Å². The summed E-state index contributed by atoms with van der Waals surface area (Å²) in [4.78, 5) is 26.5. The van der Waals surface area contributed by atoms with E-state index in [0.29, 0.717) is 40.0 Å². The van der Waals surface area contributed by atoms with Crippen LogP contribution in [-0.2, 0) is 37.8 Å². The number of methoxy groups -OCH3 is 2. The van der Waals surface area contributed by atoms with Crippen LogP contribution in [0.1, 0.15) is 51.5 Å². The van der Waals surface area contributed by atoms with Crippen molar-refractivity contribution in [3.8, 4) is 11.3 Å². The minimum Gasteiger partial charge on any atom is -0.468 e. The molecule has 0 radical (unpaired) electrons. The third-order valence-corrected chi connectivity index (χ3v) is 8.60. The number of carbonyl (C=O) groups excluding carboxylic acids is 2. The van der Waals surface area contributed by atoms with Crippen LogP contribution in [0.2, 0.25) is 0 Å². The molecule has 0 N–H and O–H groups in total. The highest BCUT2D eigenvalue weighted by Crippen LogP contribution is 2.55. The predicted octanol–water partition coefficient (Wildman–Crippen LogP) is 8.88. The van der Waals surface area contributed by atoms with E-state index < -0.39 is 46.8 Å². The Morgan fingerprint density at radius 3 is 1.83 bits per heavy atom. The monoisotopic (exact) mass is 652 g/mol. The normalized spacial score (nSPS) is 17.1. The van der Waals surface area contributed by atoms with E-state index in [2.05, 4.69) is 0 Å². The molecule has 0 bridgehead atoms. The first-order valence-corrected chi connectivity index (χ1v) is 14.4. The van der Waals surface area contributed by atoms with Crippen molar-refractivity contribution in [1.29, 1.82) is 0 Å². The van der Waals surface area contributed by atoms with Gasteiger partial charge in [-0.1, -0.05) is 72.8 Å². The molecule has 0 saturated carbocycles. The van der Waals surface area contributed by atoms with E-state index in [1.54, 1.807) is 60.7 Å². The van der Waals surface area contributed by atoms with Gasteiger partial charge in [0, 0.05) is 35.4 Å². The zero-order valence-electron chi connectivity index (χ0n) is 25.0. The van der Waals surface area contributed by atoms with Gasteiger partial charge in [0.05, 0.1) is 25.3 Å². The van der Waals surface area contributed by atoms with Gasteiger partial charge in [0.25, 0.3) is 0 Å². The second kappa shape index (κ2) is 11.6. The van der Waals surface area contributed by atoms with Gasteiger partial charge in [-0.3, -0.25) is 9.59 Å². The summed E-state index contributed by atoms with van der Waals surface area (Å²) >= 11 is 0. The molecule has 0 aliphatic heterocycles. The molecule has 1 atom stereocenters. The first-order valence-electron chi connectivity index (χ1n) is 14.4. The van der Waals surface area contributed by atoms with Crippen LogP contribution >= 0.6 is 0 Å². The number of esters is 2. The summed E-state index contributed by atoms with van der Waals surface area (Å²) in [5.41, 5.74) is -2.43. The van der Waals surface area contributed by atoms with Gasteiger partial charge in [0.1, 0.15) is 11.5 Å². The van der Waals surface area contributed by atoms with Crippen molar-refractivity contribution in [2.75, 3.05) is 14.2 Å². The maximum Gasteiger partial charge on any atom is 0.416 e. The molecule has 2 aliphatic rings. The van der Waals surface area contributed by atoms with Crippen molar-refractivity contribution < 1.29 is 49.8 Å². The fraction of sp³-hybridized carbons (Fsp3) is 0.222. The average Bonchev–Trinajstić information content (AvgIpc) is 3.34. The van der Waals surface area contributed by atoms with Crippen LogP contribution in [0.5, 0.6) is 0 Å². The number of alkyl halides is 6. The number of hydrogen-bond acceptors (Lipinski definition) is 5. The number of furan rings is 1. The molecule has 2 aliphatic carbocycles. The minimum atomic E-state index is -5.07. The lowest BCUT2D eigenvalue weighted by Crippen LogP contribution is -2.45. The Labute approximate surface area is 265 Å². The summed E-state index contributed by atoms with van der Waals surface area (Å²) in [6.07, 6.45) is -7.65. The van der Waals surface area contributed by atoms with E-state index in [-0.39, 0.29) is 41.6 Å². The van der Waals surface area contributed by atoms with Gasteiger partial charge >= 0.3 is 24.3 Å². The first-order chi connectivity index (χ1) is 22.3. The fourth-order valence-corrected chi connectivity index (χ4v) is 6.52. The number of ether oxygens (including phenoxy) is 2. The van der Waals surface area contributed by atoms with E-state index in [1.165, 1.54) is 12.2 Å². The molecule has 0 spiro atoms. The molecule has 0 amide bonds. The molecule has 3 aromatic carbocycles. The maximum absolute atomic E-state index is 14.1. The van der Waals surface area contributed by atoms with Gasteiger partial charge in [0.15, 0.2) is 5.41 Å². The molecule has 0 fully saturated rings. The van der Waals surface area contributed by atoms with E-state index in [0.717, 1.165) is 14.2 Å². The molecule has 1 unspecified atom stereocenters. The number of allylic oxidation sites excluding steroid dienone is 4. The third-order valence-electron chi connectivity index (χ3n) is 8.60. The molecular formula is C36H26F6O5. The Bertz CT molecular complexity index is 1870. The standard InChI is InChI=1S/C36H26F6O5/c1-45-32(43)34(33(44)46-2)18-22-13-14-26(23-15-24(35(37,38)39)17-25(16-23)36(40,41)42)28(20-9-5-3-6-10-20)30-29(22)27(19-34)47-31(30)21-11-7-4-8-12-21/h3-17,28H,18-19H2,1-2H3. The molecule has 6 rings (SSSR count). The summed E-state index contributed by atoms with van der Waals surface area (Å²) in [6.45, 7) is 0. The van der Waals surface area contributed by atoms with Gasteiger partial charge in [0.2, 0.25) is 0 Å². The number of rotatable bonds is 5. The summed E-state index contributed by atoms with van der Waals surface area (Å²) in [7, 11) is 2.25. The van der Waals surface area contributed by atoms with Gasteiger partial charge < -0.3 is 13.9 Å². The van der Waals surface area contributed by atoms with E-state index in [9.17, 15) is 35.9 Å². The molecule has 0 saturated heterocycles. The largest absolute Gasteiger partial charge is 0.468 e. The fourth-order valence-electron chi connectivity index (χ4n) is 6.52. The second-order valence-corrected chi connectivity index (χ2v) is 11.4.